The Morgan fingerprint density at radius 2 is 1.97 bits per heavy atom. The molecular formula is C21H22N6S2. The number of azo groups is 2. The lowest BCUT2D eigenvalue weighted by molar-refractivity contribution is 1.06. The molecule has 0 radical (unpaired) electrons. The molecule has 3 rings (SSSR count). The van der Waals surface area contributed by atoms with E-state index in [-0.39, 0.29) is 0 Å². The fourth-order valence-corrected chi connectivity index (χ4v) is 4.33. The smallest absolute Gasteiger partial charge is 0.231 e. The number of hydrogen-bond donors (Lipinski definition) is 0. The van der Waals surface area contributed by atoms with Crippen LogP contribution in [0.3, 0.4) is 0 Å². The molecule has 0 aliphatic rings. The minimum atomic E-state index is 0.438. The number of aromatic nitrogens is 1. The Hall–Kier alpha value is -2.97. The third-order valence-corrected chi connectivity index (χ3v) is 5.73. The lowest BCUT2D eigenvalue weighted by atomic mass is 10.3. The van der Waals surface area contributed by atoms with Gasteiger partial charge in [-0.15, -0.1) is 16.5 Å². The Labute approximate surface area is 178 Å². The Kier molecular flexibility index (Phi) is 7.15. The van der Waals surface area contributed by atoms with Gasteiger partial charge in [0.25, 0.3) is 0 Å². The first-order chi connectivity index (χ1) is 14.0. The zero-order valence-corrected chi connectivity index (χ0v) is 18.2. The van der Waals surface area contributed by atoms with Crippen LogP contribution < -0.4 is 4.90 Å². The monoisotopic (exact) mass is 422 g/mol. The molecule has 0 bridgehead atoms. The molecule has 6 nitrogen and oxygen atoms in total. The molecule has 1 aromatic carbocycles. The Balaban J connectivity index is 1.57. The van der Waals surface area contributed by atoms with Crippen molar-refractivity contribution in [1.29, 1.82) is 0 Å². The summed E-state index contributed by atoms with van der Waals surface area (Å²) in [5, 5.41) is 17.6. The molecule has 2 aromatic heterocycles. The highest BCUT2D eigenvalue weighted by atomic mass is 32.1. The van der Waals surface area contributed by atoms with E-state index in [1.54, 1.807) is 34.8 Å². The number of benzene rings is 1. The standard InChI is InChI=1S/C21H22N6S2/c1-5-7-16(24-25-17-9-11-18(12-10-17)27(3)4)8-6-13-22-26-21-23-20-19(29-21)14-15(2)28-20/h5-12,14H,1,13H2,2-4H3/b8-6-,16-7+,25-24-,26-22-. The van der Waals surface area contributed by atoms with E-state index in [2.05, 4.69) is 45.0 Å². The lowest BCUT2D eigenvalue weighted by Gasteiger charge is -2.11. The van der Waals surface area contributed by atoms with Crippen molar-refractivity contribution < 1.29 is 0 Å². The molecule has 3 aromatic rings. The first-order valence-corrected chi connectivity index (χ1v) is 10.6. The SMILES string of the molecule is C=C/C=C(\C=C/C/N=N\c1nc2sc(C)cc2s1)/N=N\c1ccc(N(C)C)cc1. The van der Waals surface area contributed by atoms with E-state index in [9.17, 15) is 0 Å². The van der Waals surface area contributed by atoms with Crippen molar-refractivity contribution in [2.45, 2.75) is 6.92 Å². The van der Waals surface area contributed by atoms with Gasteiger partial charge in [-0.3, -0.25) is 0 Å². The van der Waals surface area contributed by atoms with E-state index < -0.39 is 0 Å². The molecule has 0 saturated heterocycles. The number of rotatable bonds is 8. The number of fused-ring (bicyclic) bond motifs is 1. The van der Waals surface area contributed by atoms with Crippen molar-refractivity contribution in [2.24, 2.45) is 20.5 Å². The maximum absolute atomic E-state index is 4.47. The van der Waals surface area contributed by atoms with Gasteiger partial charge < -0.3 is 4.90 Å². The number of aryl methyl sites for hydroxylation is 1. The van der Waals surface area contributed by atoms with Crippen molar-refractivity contribution in [1.82, 2.24) is 4.98 Å². The Morgan fingerprint density at radius 3 is 2.66 bits per heavy atom. The van der Waals surface area contributed by atoms with Gasteiger partial charge in [-0.25, -0.2) is 4.98 Å². The van der Waals surface area contributed by atoms with E-state index in [1.165, 1.54) is 4.88 Å². The highest BCUT2D eigenvalue weighted by molar-refractivity contribution is 7.28. The van der Waals surface area contributed by atoms with Crippen LogP contribution in [-0.2, 0) is 0 Å². The van der Waals surface area contributed by atoms with E-state index in [0.717, 1.165) is 20.9 Å². The van der Waals surface area contributed by atoms with Gasteiger partial charge in [0.15, 0.2) is 0 Å². The first kappa shape index (κ1) is 20.8. The largest absolute Gasteiger partial charge is 0.378 e. The molecule has 0 unspecified atom stereocenters. The molecule has 0 N–H and O–H groups in total. The molecule has 29 heavy (non-hydrogen) atoms. The number of allylic oxidation sites excluding steroid dienone is 3. The summed E-state index contributed by atoms with van der Waals surface area (Å²) in [5.74, 6) is 0. The second-order valence-corrected chi connectivity index (χ2v) is 8.53. The van der Waals surface area contributed by atoms with E-state index in [0.29, 0.717) is 17.4 Å². The maximum atomic E-state index is 4.47. The second kappa shape index (κ2) is 9.99. The summed E-state index contributed by atoms with van der Waals surface area (Å²) in [5.41, 5.74) is 2.60. The van der Waals surface area contributed by atoms with Crippen LogP contribution in [-0.4, -0.2) is 25.6 Å². The average Bonchev–Trinajstić information content (AvgIpc) is 3.22. The van der Waals surface area contributed by atoms with Gasteiger partial charge in [0.2, 0.25) is 5.13 Å². The van der Waals surface area contributed by atoms with Gasteiger partial charge in [0, 0.05) is 24.7 Å². The molecule has 2 heterocycles. The minimum Gasteiger partial charge on any atom is -0.378 e. The number of nitrogens with zero attached hydrogens (tertiary/aromatic N) is 6. The number of thiazole rings is 1. The minimum absolute atomic E-state index is 0.438. The topological polar surface area (TPSA) is 65.6 Å². The summed E-state index contributed by atoms with van der Waals surface area (Å²) in [6.45, 7) is 6.24. The molecular weight excluding hydrogens is 400 g/mol. The normalized spacial score (nSPS) is 12.7. The molecule has 148 valence electrons. The summed E-state index contributed by atoms with van der Waals surface area (Å²) < 4.78 is 1.16. The van der Waals surface area contributed by atoms with Crippen molar-refractivity contribution in [2.75, 3.05) is 25.5 Å². The highest BCUT2D eigenvalue weighted by Gasteiger charge is 2.05. The van der Waals surface area contributed by atoms with Crippen LogP contribution in [0.5, 0.6) is 0 Å². The molecule has 0 fully saturated rings. The quantitative estimate of drug-likeness (QED) is 0.284. The molecule has 0 aliphatic heterocycles. The van der Waals surface area contributed by atoms with Gasteiger partial charge in [-0.2, -0.15) is 15.3 Å². The number of thiophene rings is 1. The Bertz CT molecular complexity index is 1050. The summed E-state index contributed by atoms with van der Waals surface area (Å²) in [4.78, 5) is 8.79. The third kappa shape index (κ3) is 6.00. The molecule has 0 amide bonds. The van der Waals surface area contributed by atoms with Gasteiger partial charge in [-0.05, 0) is 49.4 Å². The number of anilines is 1. The molecule has 0 spiro atoms. The zero-order chi connectivity index (χ0) is 20.6. The fourth-order valence-electron chi connectivity index (χ4n) is 2.38. The van der Waals surface area contributed by atoms with Gasteiger partial charge in [0.05, 0.1) is 22.6 Å². The average molecular weight is 423 g/mol. The van der Waals surface area contributed by atoms with Crippen LogP contribution in [0.1, 0.15) is 4.88 Å². The summed E-state index contributed by atoms with van der Waals surface area (Å²) in [7, 11) is 4.00. The van der Waals surface area contributed by atoms with Crippen molar-refractivity contribution >= 4 is 48.7 Å². The van der Waals surface area contributed by atoms with Gasteiger partial charge in [-0.1, -0.05) is 30.1 Å². The lowest BCUT2D eigenvalue weighted by Crippen LogP contribution is -2.07. The molecule has 0 atom stereocenters. The van der Waals surface area contributed by atoms with E-state index in [4.69, 9.17) is 0 Å². The van der Waals surface area contributed by atoms with Crippen molar-refractivity contribution in [3.63, 3.8) is 0 Å². The predicted molar refractivity (Wildman–Crippen MR) is 124 cm³/mol. The van der Waals surface area contributed by atoms with Crippen molar-refractivity contribution in [3.8, 4) is 0 Å². The summed E-state index contributed by atoms with van der Waals surface area (Å²) in [6, 6.07) is 10.0. The number of hydrogen-bond acceptors (Lipinski definition) is 8. The zero-order valence-electron chi connectivity index (χ0n) is 16.6. The Morgan fingerprint density at radius 1 is 1.17 bits per heavy atom. The van der Waals surface area contributed by atoms with Crippen LogP contribution in [0.25, 0.3) is 9.53 Å². The summed E-state index contributed by atoms with van der Waals surface area (Å²) >= 11 is 3.23. The van der Waals surface area contributed by atoms with Crippen LogP contribution in [0.15, 0.2) is 87.4 Å². The van der Waals surface area contributed by atoms with E-state index >= 15 is 0 Å². The molecule has 8 heteroatoms. The van der Waals surface area contributed by atoms with Crippen LogP contribution in [0.4, 0.5) is 16.5 Å². The van der Waals surface area contributed by atoms with Crippen molar-refractivity contribution in [3.05, 3.63) is 71.8 Å². The van der Waals surface area contributed by atoms with Crippen LogP contribution in [0, 0.1) is 6.92 Å². The predicted octanol–water partition coefficient (Wildman–Crippen LogP) is 7.23. The maximum Gasteiger partial charge on any atom is 0.231 e. The molecule has 0 aliphatic carbocycles. The third-order valence-electron chi connectivity index (χ3n) is 3.77. The van der Waals surface area contributed by atoms with Crippen LogP contribution in [0.2, 0.25) is 0 Å². The van der Waals surface area contributed by atoms with E-state index in [1.807, 2.05) is 55.4 Å². The van der Waals surface area contributed by atoms with Gasteiger partial charge in [0.1, 0.15) is 4.83 Å². The molecule has 0 saturated carbocycles. The second-order valence-electron chi connectivity index (χ2n) is 6.29. The first-order valence-electron chi connectivity index (χ1n) is 8.98. The fraction of sp³-hybridized carbons (Fsp3) is 0.190. The summed E-state index contributed by atoms with van der Waals surface area (Å²) in [6.07, 6.45) is 7.21. The van der Waals surface area contributed by atoms with Crippen LogP contribution >= 0.6 is 22.7 Å². The van der Waals surface area contributed by atoms with Gasteiger partial charge >= 0.3 is 0 Å². The highest BCUT2D eigenvalue weighted by Crippen LogP contribution is 2.33.